The van der Waals surface area contributed by atoms with Gasteiger partial charge < -0.3 is 19.3 Å². The van der Waals surface area contributed by atoms with E-state index in [0.29, 0.717) is 49.1 Å². The highest BCUT2D eigenvalue weighted by atomic mass is 32.2. The third-order valence-electron chi connectivity index (χ3n) is 5.09. The minimum atomic E-state index is -0.638. The van der Waals surface area contributed by atoms with Crippen LogP contribution in [-0.2, 0) is 9.53 Å². The van der Waals surface area contributed by atoms with Crippen molar-refractivity contribution in [1.82, 2.24) is 19.6 Å². The number of carbonyl (C=O) groups is 2. The molecular formula is C25H32FN5O5S. The molecule has 0 radical (unpaired) electrons. The lowest BCUT2D eigenvalue weighted by atomic mass is 10.2. The molecule has 0 saturated carbocycles. The molecule has 3 rings (SSSR count). The SMILES string of the molecule is CC.CN(CCN(CC(=O)NO)Sc1ccc(Oc2ccc(C#N)cc2)c(F)c1)C(=O)N1CCOCC1. The topological polar surface area (TPSA) is 118 Å². The van der Waals surface area contributed by atoms with E-state index < -0.39 is 11.7 Å². The summed E-state index contributed by atoms with van der Waals surface area (Å²) < 4.78 is 27.1. The predicted molar refractivity (Wildman–Crippen MR) is 137 cm³/mol. The van der Waals surface area contributed by atoms with Gasteiger partial charge in [-0.15, -0.1) is 0 Å². The molecule has 1 heterocycles. The van der Waals surface area contributed by atoms with Gasteiger partial charge in [0, 0.05) is 38.1 Å². The van der Waals surface area contributed by atoms with Gasteiger partial charge in [0.1, 0.15) is 5.75 Å². The van der Waals surface area contributed by atoms with Crippen LogP contribution in [0.25, 0.3) is 0 Å². The standard InChI is InChI=1S/C23H26FN5O5S.C2H6/c1-27(23(31)28-10-12-33-13-11-28)8-9-29(16-22(30)26-32)35-19-6-7-21(20(24)14-19)34-18-4-2-17(15-25)3-5-18;1-2/h2-7,14,32H,8-13,16H2,1H3,(H,26,30);1-2H3. The quantitative estimate of drug-likeness (QED) is 0.285. The normalized spacial score (nSPS) is 12.7. The molecule has 1 aliphatic heterocycles. The van der Waals surface area contributed by atoms with Crippen molar-refractivity contribution < 1.29 is 28.7 Å². The van der Waals surface area contributed by atoms with Crippen LogP contribution < -0.4 is 10.2 Å². The van der Waals surface area contributed by atoms with Gasteiger partial charge in [0.05, 0.1) is 31.4 Å². The van der Waals surface area contributed by atoms with E-state index in [1.807, 2.05) is 19.9 Å². The van der Waals surface area contributed by atoms with Gasteiger partial charge in [0.2, 0.25) is 0 Å². The number of hydrogen-bond acceptors (Lipinski definition) is 8. The van der Waals surface area contributed by atoms with Gasteiger partial charge in [0.15, 0.2) is 11.6 Å². The predicted octanol–water partition coefficient (Wildman–Crippen LogP) is 3.71. The van der Waals surface area contributed by atoms with Crippen LogP contribution >= 0.6 is 11.9 Å². The number of benzene rings is 2. The van der Waals surface area contributed by atoms with Crippen molar-refractivity contribution in [3.63, 3.8) is 0 Å². The van der Waals surface area contributed by atoms with Gasteiger partial charge in [-0.2, -0.15) is 5.26 Å². The molecule has 1 aliphatic rings. The summed E-state index contributed by atoms with van der Waals surface area (Å²) in [5, 5.41) is 17.8. The molecule has 3 amide bonds. The fraction of sp³-hybridized carbons (Fsp3) is 0.400. The van der Waals surface area contributed by atoms with Crippen LogP contribution in [0, 0.1) is 17.1 Å². The molecule has 200 valence electrons. The first-order chi connectivity index (χ1) is 17.9. The van der Waals surface area contributed by atoms with Crippen LogP contribution in [0.4, 0.5) is 9.18 Å². The minimum absolute atomic E-state index is 0.00884. The maximum Gasteiger partial charge on any atom is 0.319 e. The first-order valence-electron chi connectivity index (χ1n) is 11.8. The molecule has 1 saturated heterocycles. The van der Waals surface area contributed by atoms with Gasteiger partial charge in [-0.05, 0) is 54.4 Å². The molecule has 2 N–H and O–H groups in total. The summed E-state index contributed by atoms with van der Waals surface area (Å²) >= 11 is 1.11. The van der Waals surface area contributed by atoms with Crippen molar-refractivity contribution in [3.8, 4) is 17.6 Å². The Morgan fingerprint density at radius 1 is 1.19 bits per heavy atom. The van der Waals surface area contributed by atoms with Crippen molar-refractivity contribution in [3.05, 3.63) is 53.8 Å². The highest BCUT2D eigenvalue weighted by Gasteiger charge is 2.22. The van der Waals surface area contributed by atoms with Crippen molar-refractivity contribution in [2.45, 2.75) is 18.7 Å². The number of amides is 3. The third kappa shape index (κ3) is 9.55. The summed E-state index contributed by atoms with van der Waals surface area (Å²) in [5.41, 5.74) is 2.06. The highest BCUT2D eigenvalue weighted by Crippen LogP contribution is 2.30. The van der Waals surface area contributed by atoms with Crippen LogP contribution in [0.5, 0.6) is 11.5 Å². The van der Waals surface area contributed by atoms with Crippen LogP contribution in [0.15, 0.2) is 47.4 Å². The van der Waals surface area contributed by atoms with Gasteiger partial charge in [0.25, 0.3) is 5.91 Å². The summed E-state index contributed by atoms with van der Waals surface area (Å²) in [6.07, 6.45) is 0. The van der Waals surface area contributed by atoms with Crippen LogP contribution in [-0.4, -0.2) is 84.2 Å². The fourth-order valence-corrected chi connectivity index (χ4v) is 4.14. The van der Waals surface area contributed by atoms with Gasteiger partial charge in [-0.3, -0.25) is 10.0 Å². The molecule has 10 nitrogen and oxygen atoms in total. The fourth-order valence-electron chi connectivity index (χ4n) is 3.20. The lowest BCUT2D eigenvalue weighted by Gasteiger charge is -2.32. The number of ether oxygens (including phenoxy) is 2. The van der Waals surface area contributed by atoms with Gasteiger partial charge >= 0.3 is 6.03 Å². The maximum absolute atomic E-state index is 14.7. The van der Waals surface area contributed by atoms with Crippen molar-refractivity contribution in [2.75, 3.05) is 53.0 Å². The van der Waals surface area contributed by atoms with Crippen molar-refractivity contribution >= 4 is 23.9 Å². The third-order valence-corrected chi connectivity index (χ3v) is 6.12. The summed E-state index contributed by atoms with van der Waals surface area (Å²) in [4.78, 5) is 28.1. The molecule has 0 unspecified atom stereocenters. The number of hydroxylamine groups is 1. The molecule has 2 aromatic carbocycles. The number of nitrogens with zero attached hydrogens (tertiary/aromatic N) is 4. The van der Waals surface area contributed by atoms with E-state index in [1.54, 1.807) is 57.0 Å². The number of rotatable bonds is 9. The first-order valence-corrected chi connectivity index (χ1v) is 12.6. The minimum Gasteiger partial charge on any atom is -0.454 e. The Hall–Kier alpha value is -3.37. The average Bonchev–Trinajstić information content (AvgIpc) is 2.94. The Kier molecular flexibility index (Phi) is 12.7. The molecule has 1 fully saturated rings. The van der Waals surface area contributed by atoms with Gasteiger partial charge in [-0.25, -0.2) is 19.0 Å². The second-order valence-corrected chi connectivity index (χ2v) is 8.79. The monoisotopic (exact) mass is 533 g/mol. The number of hydrogen-bond donors (Lipinski definition) is 2. The molecule has 0 spiro atoms. The lowest BCUT2D eigenvalue weighted by Crippen LogP contribution is -2.48. The summed E-state index contributed by atoms with van der Waals surface area (Å²) in [5.74, 6) is -0.849. The van der Waals surface area contributed by atoms with Crippen LogP contribution in [0.3, 0.4) is 0 Å². The Morgan fingerprint density at radius 3 is 2.46 bits per heavy atom. The van der Waals surface area contributed by atoms with E-state index in [0.717, 1.165) is 11.9 Å². The zero-order valence-corrected chi connectivity index (χ0v) is 22.0. The Balaban J connectivity index is 0.00000235. The van der Waals surface area contributed by atoms with Gasteiger partial charge in [-0.1, -0.05) is 13.8 Å². The molecular weight excluding hydrogens is 501 g/mol. The van der Waals surface area contributed by atoms with Crippen molar-refractivity contribution in [2.24, 2.45) is 0 Å². The first kappa shape index (κ1) is 29.9. The molecule has 0 atom stereocenters. The number of nitriles is 1. The van der Waals surface area contributed by atoms with E-state index in [-0.39, 0.29) is 24.9 Å². The Morgan fingerprint density at radius 2 is 1.86 bits per heavy atom. The largest absolute Gasteiger partial charge is 0.454 e. The maximum atomic E-state index is 14.7. The van der Waals surface area contributed by atoms with E-state index in [2.05, 4.69) is 0 Å². The lowest BCUT2D eigenvalue weighted by molar-refractivity contribution is -0.129. The number of halogens is 1. The Bertz CT molecular complexity index is 1060. The van der Waals surface area contributed by atoms with Crippen LogP contribution in [0.1, 0.15) is 19.4 Å². The number of nitrogens with one attached hydrogen (secondary N) is 1. The zero-order valence-electron chi connectivity index (χ0n) is 21.1. The van der Waals surface area contributed by atoms with E-state index in [4.69, 9.17) is 19.9 Å². The summed E-state index contributed by atoms with van der Waals surface area (Å²) in [7, 11) is 1.67. The van der Waals surface area contributed by atoms with E-state index in [9.17, 15) is 14.0 Å². The number of carbonyl (C=O) groups excluding carboxylic acids is 2. The second-order valence-electron chi connectivity index (χ2n) is 7.62. The molecule has 37 heavy (non-hydrogen) atoms. The average molecular weight is 534 g/mol. The van der Waals surface area contributed by atoms with E-state index >= 15 is 0 Å². The number of urea groups is 1. The molecule has 0 aromatic heterocycles. The summed E-state index contributed by atoms with van der Waals surface area (Å²) in [6, 6.07) is 12.5. The number of morpholine rings is 1. The smallest absolute Gasteiger partial charge is 0.319 e. The highest BCUT2D eigenvalue weighted by molar-refractivity contribution is 7.97. The Labute approximate surface area is 220 Å². The van der Waals surface area contributed by atoms with Crippen LogP contribution in [0.2, 0.25) is 0 Å². The molecule has 2 aromatic rings. The molecule has 12 heteroatoms. The number of likely N-dealkylation sites (N-methyl/N-ethyl adjacent to an activating group) is 1. The summed E-state index contributed by atoms with van der Waals surface area (Å²) in [6.45, 7) is 6.45. The van der Waals surface area contributed by atoms with E-state index in [1.165, 1.54) is 12.1 Å². The van der Waals surface area contributed by atoms with Crippen molar-refractivity contribution in [1.29, 1.82) is 5.26 Å². The zero-order chi connectivity index (χ0) is 27.2. The second kappa shape index (κ2) is 15.7. The molecule has 0 aliphatic carbocycles. The molecule has 0 bridgehead atoms.